The maximum Gasteiger partial charge on any atom is 0.339 e. The van der Waals surface area contributed by atoms with Crippen LogP contribution in [-0.4, -0.2) is 8.42 Å². The van der Waals surface area contributed by atoms with Gasteiger partial charge < -0.3 is 4.18 Å². The summed E-state index contributed by atoms with van der Waals surface area (Å²) < 4.78 is 29.1. The van der Waals surface area contributed by atoms with Crippen molar-refractivity contribution in [1.29, 1.82) is 5.26 Å². The monoisotopic (exact) mass is 327 g/mol. The molecule has 0 atom stereocenters. The van der Waals surface area contributed by atoms with E-state index in [9.17, 15) is 8.42 Å². The van der Waals surface area contributed by atoms with Crippen molar-refractivity contribution in [3.05, 3.63) is 58.1 Å². The van der Waals surface area contributed by atoms with E-state index in [0.29, 0.717) is 5.56 Å². The predicted molar refractivity (Wildman–Crippen MR) is 75.4 cm³/mol. The first-order valence-corrected chi connectivity index (χ1v) is 7.48. The summed E-state index contributed by atoms with van der Waals surface area (Å²) in [6.07, 6.45) is 0. The normalized spacial score (nSPS) is 10.8. The Kier molecular flexibility index (Phi) is 4.19. The third kappa shape index (κ3) is 3.42. The van der Waals surface area contributed by atoms with Crippen molar-refractivity contribution in [3.8, 4) is 11.8 Å². The lowest BCUT2D eigenvalue weighted by Gasteiger charge is -2.08. The minimum Gasteiger partial charge on any atom is -0.379 e. The SMILES string of the molecule is N#Cc1cccc(OS(=O)(=O)c2cc(Cl)cc(Cl)c2)c1. The molecule has 0 spiro atoms. The second kappa shape index (κ2) is 5.71. The molecule has 0 fully saturated rings. The van der Waals surface area contributed by atoms with Gasteiger partial charge in [0, 0.05) is 10.0 Å². The molecule has 2 aromatic carbocycles. The van der Waals surface area contributed by atoms with Gasteiger partial charge in [-0.05, 0) is 36.4 Å². The third-order valence-electron chi connectivity index (χ3n) is 2.29. The lowest BCUT2D eigenvalue weighted by molar-refractivity contribution is 0.486. The summed E-state index contributed by atoms with van der Waals surface area (Å²) in [5, 5.41) is 9.13. The molecule has 0 aliphatic rings. The number of benzene rings is 2. The summed E-state index contributed by atoms with van der Waals surface area (Å²) in [7, 11) is -4.06. The highest BCUT2D eigenvalue weighted by Crippen LogP contribution is 2.25. The fourth-order valence-corrected chi connectivity index (χ4v) is 3.12. The lowest BCUT2D eigenvalue weighted by atomic mass is 10.2. The van der Waals surface area contributed by atoms with Gasteiger partial charge in [-0.15, -0.1) is 0 Å². The highest BCUT2D eigenvalue weighted by Gasteiger charge is 2.18. The highest BCUT2D eigenvalue weighted by molar-refractivity contribution is 7.87. The fraction of sp³-hybridized carbons (Fsp3) is 0. The van der Waals surface area contributed by atoms with Gasteiger partial charge in [0.2, 0.25) is 0 Å². The number of nitrogens with zero attached hydrogens (tertiary/aromatic N) is 1. The van der Waals surface area contributed by atoms with Crippen molar-refractivity contribution < 1.29 is 12.6 Å². The molecule has 0 N–H and O–H groups in total. The molecule has 0 saturated carbocycles. The van der Waals surface area contributed by atoms with E-state index in [1.165, 1.54) is 42.5 Å². The van der Waals surface area contributed by atoms with E-state index in [1.54, 1.807) is 0 Å². The number of halogens is 2. The zero-order chi connectivity index (χ0) is 14.8. The van der Waals surface area contributed by atoms with Crippen molar-refractivity contribution in [2.45, 2.75) is 4.90 Å². The maximum absolute atomic E-state index is 12.1. The van der Waals surface area contributed by atoms with E-state index >= 15 is 0 Å². The largest absolute Gasteiger partial charge is 0.379 e. The van der Waals surface area contributed by atoms with Crippen molar-refractivity contribution in [2.24, 2.45) is 0 Å². The summed E-state index contributed by atoms with van der Waals surface area (Å²) in [5.74, 6) is 0.0418. The zero-order valence-corrected chi connectivity index (χ0v) is 12.2. The fourth-order valence-electron chi connectivity index (χ4n) is 1.47. The summed E-state index contributed by atoms with van der Waals surface area (Å²) in [6.45, 7) is 0. The van der Waals surface area contributed by atoms with Crippen LogP contribution in [0, 0.1) is 11.3 Å². The van der Waals surface area contributed by atoms with Gasteiger partial charge in [-0.1, -0.05) is 29.3 Å². The molecule has 7 heteroatoms. The summed E-state index contributed by atoms with van der Waals surface area (Å²) in [4.78, 5) is -0.155. The molecule has 0 radical (unpaired) electrons. The van der Waals surface area contributed by atoms with Gasteiger partial charge in [0.05, 0.1) is 11.6 Å². The first-order chi connectivity index (χ1) is 9.40. The lowest BCUT2D eigenvalue weighted by Crippen LogP contribution is -2.09. The van der Waals surface area contributed by atoms with E-state index in [4.69, 9.17) is 32.6 Å². The van der Waals surface area contributed by atoms with Crippen LogP contribution in [0.15, 0.2) is 47.4 Å². The van der Waals surface area contributed by atoms with Gasteiger partial charge in [0.15, 0.2) is 0 Å². The third-order valence-corrected chi connectivity index (χ3v) is 3.96. The van der Waals surface area contributed by atoms with Gasteiger partial charge >= 0.3 is 10.1 Å². The van der Waals surface area contributed by atoms with E-state index in [2.05, 4.69) is 0 Å². The molecule has 0 aliphatic heterocycles. The second-order valence-corrected chi connectivity index (χ2v) is 6.20. The molecule has 20 heavy (non-hydrogen) atoms. The van der Waals surface area contributed by atoms with Gasteiger partial charge in [-0.2, -0.15) is 13.7 Å². The topological polar surface area (TPSA) is 67.2 Å². The predicted octanol–water partition coefficient (Wildman–Crippen LogP) is 3.63. The molecule has 0 aromatic heterocycles. The molecule has 0 unspecified atom stereocenters. The Morgan fingerprint density at radius 1 is 1.05 bits per heavy atom. The average Bonchev–Trinajstić information content (AvgIpc) is 2.37. The first-order valence-electron chi connectivity index (χ1n) is 5.31. The molecule has 0 heterocycles. The standard InChI is InChI=1S/C13H7Cl2NO3S/c14-10-5-11(15)7-13(6-10)20(17,18)19-12-3-1-2-9(4-12)8-16/h1-7H. The average molecular weight is 328 g/mol. The van der Waals surface area contributed by atoms with Crippen LogP contribution in [0.25, 0.3) is 0 Å². The first kappa shape index (κ1) is 14.7. The van der Waals surface area contributed by atoms with Crippen LogP contribution >= 0.6 is 23.2 Å². The van der Waals surface area contributed by atoms with Crippen LogP contribution < -0.4 is 4.18 Å². The second-order valence-electron chi connectivity index (χ2n) is 3.78. The number of nitriles is 1. The van der Waals surface area contributed by atoms with Crippen molar-refractivity contribution >= 4 is 33.3 Å². The number of hydrogen-bond acceptors (Lipinski definition) is 4. The molecule has 2 rings (SSSR count). The Hall–Kier alpha value is -1.74. The summed E-state index contributed by atoms with van der Waals surface area (Å²) >= 11 is 11.5. The molecule has 4 nitrogen and oxygen atoms in total. The Bertz CT molecular complexity index is 777. The van der Waals surface area contributed by atoms with Crippen LogP contribution in [0.1, 0.15) is 5.56 Å². The molecule has 0 saturated heterocycles. The van der Waals surface area contributed by atoms with Crippen LogP contribution in [-0.2, 0) is 10.1 Å². The summed E-state index contributed by atoms with van der Waals surface area (Å²) in [5.41, 5.74) is 0.293. The highest BCUT2D eigenvalue weighted by atomic mass is 35.5. The Morgan fingerprint density at radius 3 is 2.30 bits per heavy atom. The van der Waals surface area contributed by atoms with E-state index in [0.717, 1.165) is 0 Å². The maximum atomic E-state index is 12.1. The van der Waals surface area contributed by atoms with Crippen molar-refractivity contribution in [2.75, 3.05) is 0 Å². The van der Waals surface area contributed by atoms with Crippen LogP contribution in [0.3, 0.4) is 0 Å². The van der Waals surface area contributed by atoms with Gasteiger partial charge in [-0.3, -0.25) is 0 Å². The number of hydrogen-bond donors (Lipinski definition) is 0. The molecular formula is C13H7Cl2NO3S. The molecule has 2 aromatic rings. The van der Waals surface area contributed by atoms with Crippen LogP contribution in [0.2, 0.25) is 10.0 Å². The smallest absolute Gasteiger partial charge is 0.339 e. The van der Waals surface area contributed by atoms with Crippen LogP contribution in [0.5, 0.6) is 5.75 Å². The van der Waals surface area contributed by atoms with Gasteiger partial charge in [0.25, 0.3) is 0 Å². The van der Waals surface area contributed by atoms with E-state index in [1.807, 2.05) is 6.07 Å². The van der Waals surface area contributed by atoms with Crippen molar-refractivity contribution in [1.82, 2.24) is 0 Å². The quantitative estimate of drug-likeness (QED) is 0.807. The van der Waals surface area contributed by atoms with Crippen LogP contribution in [0.4, 0.5) is 0 Å². The van der Waals surface area contributed by atoms with Crippen molar-refractivity contribution in [3.63, 3.8) is 0 Å². The van der Waals surface area contributed by atoms with Gasteiger partial charge in [-0.25, -0.2) is 0 Å². The minimum absolute atomic E-state index is 0.0418. The molecule has 102 valence electrons. The molecule has 0 bridgehead atoms. The summed E-state index contributed by atoms with van der Waals surface area (Å²) in [6, 6.07) is 11.6. The molecular weight excluding hydrogens is 321 g/mol. The van der Waals surface area contributed by atoms with E-state index in [-0.39, 0.29) is 20.7 Å². The van der Waals surface area contributed by atoms with Gasteiger partial charge in [0.1, 0.15) is 10.6 Å². The minimum atomic E-state index is -4.06. The Balaban J connectivity index is 2.38. The Morgan fingerprint density at radius 2 is 1.70 bits per heavy atom. The zero-order valence-electron chi connectivity index (χ0n) is 9.88. The molecule has 0 amide bonds. The Labute approximate surface area is 126 Å². The number of rotatable bonds is 3. The molecule has 0 aliphatic carbocycles. The van der Waals surface area contributed by atoms with E-state index < -0.39 is 10.1 Å².